The first-order valence-corrected chi connectivity index (χ1v) is 8.40. The molecule has 3 rings (SSSR count). The second kappa shape index (κ2) is 6.92. The van der Waals surface area contributed by atoms with E-state index in [0.717, 1.165) is 16.1 Å². The largest absolute Gasteiger partial charge is 0.452 e. The zero-order chi connectivity index (χ0) is 17.1. The smallest absolute Gasteiger partial charge is 0.312 e. The van der Waals surface area contributed by atoms with Gasteiger partial charge in [-0.2, -0.15) is 0 Å². The van der Waals surface area contributed by atoms with E-state index >= 15 is 0 Å². The van der Waals surface area contributed by atoms with Gasteiger partial charge in [-0.3, -0.25) is 4.79 Å². The van der Waals surface area contributed by atoms with Crippen molar-refractivity contribution >= 4 is 17.3 Å². The number of carbonyl (C=O) groups is 1. The average molecular weight is 343 g/mol. The first-order chi connectivity index (χ1) is 11.5. The van der Waals surface area contributed by atoms with E-state index in [4.69, 9.17) is 9.15 Å². The van der Waals surface area contributed by atoms with Gasteiger partial charge in [-0.25, -0.2) is 4.98 Å². The molecule has 0 bridgehead atoms. The normalized spacial score (nSPS) is 12.1. The first-order valence-electron chi connectivity index (χ1n) is 7.52. The van der Waals surface area contributed by atoms with Gasteiger partial charge in [-0.1, -0.05) is 17.7 Å². The summed E-state index contributed by atoms with van der Waals surface area (Å²) in [5, 5.41) is 10.8. The Labute approximate surface area is 143 Å². The topological polar surface area (TPSA) is 78.1 Å². The summed E-state index contributed by atoms with van der Waals surface area (Å²) in [6.07, 6.45) is -0.475. The molecule has 0 aliphatic heterocycles. The minimum Gasteiger partial charge on any atom is -0.452 e. The third kappa shape index (κ3) is 3.86. The van der Waals surface area contributed by atoms with E-state index in [1.165, 1.54) is 11.3 Å². The van der Waals surface area contributed by atoms with Gasteiger partial charge in [0.2, 0.25) is 5.89 Å². The fourth-order valence-corrected chi connectivity index (χ4v) is 2.75. The molecule has 124 valence electrons. The summed E-state index contributed by atoms with van der Waals surface area (Å²) in [6, 6.07) is 7.76. The predicted octanol–water partition coefficient (Wildman–Crippen LogP) is 3.66. The van der Waals surface area contributed by atoms with Gasteiger partial charge in [-0.15, -0.1) is 21.5 Å². The third-order valence-electron chi connectivity index (χ3n) is 3.39. The average Bonchev–Trinajstić information content (AvgIpc) is 3.17. The van der Waals surface area contributed by atoms with Gasteiger partial charge in [-0.05, 0) is 32.9 Å². The number of thiazole rings is 1. The van der Waals surface area contributed by atoms with Crippen LogP contribution in [0.2, 0.25) is 0 Å². The molecule has 3 aromatic rings. The number of carbonyl (C=O) groups excluding carboxylic acids is 1. The Bertz CT molecular complexity index is 839. The van der Waals surface area contributed by atoms with Crippen LogP contribution in [0.3, 0.4) is 0 Å². The lowest BCUT2D eigenvalue weighted by atomic mass is 10.1. The molecular formula is C17H17N3O3S. The van der Waals surface area contributed by atoms with Crippen LogP contribution in [0.15, 0.2) is 34.1 Å². The zero-order valence-electron chi connectivity index (χ0n) is 13.6. The molecule has 0 spiro atoms. The highest BCUT2D eigenvalue weighted by Gasteiger charge is 2.19. The van der Waals surface area contributed by atoms with Gasteiger partial charge < -0.3 is 9.15 Å². The molecule has 6 nitrogen and oxygen atoms in total. The summed E-state index contributed by atoms with van der Waals surface area (Å²) >= 11 is 1.50. The van der Waals surface area contributed by atoms with Crippen LogP contribution in [0.5, 0.6) is 0 Å². The number of nitrogens with zero attached hydrogens (tertiary/aromatic N) is 3. The van der Waals surface area contributed by atoms with Crippen molar-refractivity contribution in [1.29, 1.82) is 0 Å². The molecule has 1 unspecified atom stereocenters. The molecule has 2 heterocycles. The maximum absolute atomic E-state index is 12.0. The number of esters is 1. The van der Waals surface area contributed by atoms with Crippen LogP contribution in [-0.4, -0.2) is 21.2 Å². The van der Waals surface area contributed by atoms with E-state index in [1.807, 2.05) is 43.5 Å². The van der Waals surface area contributed by atoms with Crippen LogP contribution in [0.25, 0.3) is 11.5 Å². The lowest BCUT2D eigenvalue weighted by molar-refractivity contribution is -0.148. The van der Waals surface area contributed by atoms with E-state index in [9.17, 15) is 4.79 Å². The summed E-state index contributed by atoms with van der Waals surface area (Å²) < 4.78 is 11.0. The van der Waals surface area contributed by atoms with Crippen LogP contribution in [0.1, 0.15) is 35.2 Å². The zero-order valence-corrected chi connectivity index (χ0v) is 14.5. The van der Waals surface area contributed by atoms with Crippen molar-refractivity contribution in [2.24, 2.45) is 0 Å². The maximum Gasteiger partial charge on any atom is 0.312 e. The van der Waals surface area contributed by atoms with Crippen LogP contribution in [-0.2, 0) is 16.0 Å². The third-order valence-corrected chi connectivity index (χ3v) is 4.21. The van der Waals surface area contributed by atoms with Crippen LogP contribution in [0, 0.1) is 13.8 Å². The Morgan fingerprint density at radius 2 is 2.00 bits per heavy atom. The number of aromatic nitrogens is 3. The molecule has 0 radical (unpaired) electrons. The highest BCUT2D eigenvalue weighted by molar-refractivity contribution is 7.09. The minimum absolute atomic E-state index is 0.133. The molecule has 0 saturated heterocycles. The van der Waals surface area contributed by atoms with Gasteiger partial charge in [0.05, 0.1) is 17.1 Å². The highest BCUT2D eigenvalue weighted by atomic mass is 32.1. The molecule has 1 aromatic carbocycles. The molecule has 7 heteroatoms. The van der Waals surface area contributed by atoms with Crippen LogP contribution in [0.4, 0.5) is 0 Å². The molecule has 2 aromatic heterocycles. The fourth-order valence-electron chi connectivity index (χ4n) is 2.14. The Morgan fingerprint density at radius 3 is 2.67 bits per heavy atom. The summed E-state index contributed by atoms with van der Waals surface area (Å²) in [5.74, 6) is 0.305. The molecule has 0 fully saturated rings. The van der Waals surface area contributed by atoms with Crippen molar-refractivity contribution in [3.63, 3.8) is 0 Å². The Balaban J connectivity index is 1.64. The monoisotopic (exact) mass is 343 g/mol. The van der Waals surface area contributed by atoms with Crippen molar-refractivity contribution < 1.29 is 13.9 Å². The van der Waals surface area contributed by atoms with Gasteiger partial charge >= 0.3 is 5.97 Å². The summed E-state index contributed by atoms with van der Waals surface area (Å²) in [5.41, 5.74) is 2.69. The Hall–Kier alpha value is -2.54. The maximum atomic E-state index is 12.0. The van der Waals surface area contributed by atoms with E-state index in [0.29, 0.717) is 11.6 Å². The first kappa shape index (κ1) is 16.3. The predicted molar refractivity (Wildman–Crippen MR) is 89.5 cm³/mol. The molecule has 24 heavy (non-hydrogen) atoms. The van der Waals surface area contributed by atoms with E-state index in [1.54, 1.807) is 6.92 Å². The van der Waals surface area contributed by atoms with Crippen LogP contribution < -0.4 is 0 Å². The lowest BCUT2D eigenvalue weighted by Gasteiger charge is -2.08. The second-order valence-corrected chi connectivity index (χ2v) is 6.54. The molecule has 1 atom stereocenters. The summed E-state index contributed by atoms with van der Waals surface area (Å²) in [6.45, 7) is 5.61. The lowest BCUT2D eigenvalue weighted by Crippen LogP contribution is -2.12. The van der Waals surface area contributed by atoms with Crippen molar-refractivity contribution in [2.45, 2.75) is 33.3 Å². The van der Waals surface area contributed by atoms with E-state index in [2.05, 4.69) is 15.2 Å². The van der Waals surface area contributed by atoms with E-state index in [-0.39, 0.29) is 18.3 Å². The second-order valence-electron chi connectivity index (χ2n) is 5.48. The van der Waals surface area contributed by atoms with Crippen LogP contribution >= 0.6 is 11.3 Å². The summed E-state index contributed by atoms with van der Waals surface area (Å²) in [7, 11) is 0. The molecule has 0 amide bonds. The summed E-state index contributed by atoms with van der Waals surface area (Å²) in [4.78, 5) is 16.2. The molecule has 0 saturated carbocycles. The van der Waals surface area contributed by atoms with Crippen molar-refractivity contribution in [3.05, 3.63) is 51.8 Å². The molecular weight excluding hydrogens is 326 g/mol. The number of aryl methyl sites for hydroxylation is 2. The Kier molecular flexibility index (Phi) is 4.71. The standard InChI is InChI=1S/C17H17N3O3S/c1-10-4-6-13(7-5-10)17-20-19-16(23-17)11(2)22-15(21)8-14-9-24-12(3)18-14/h4-7,9,11H,8H2,1-3H3. The van der Waals surface area contributed by atoms with E-state index < -0.39 is 6.10 Å². The quantitative estimate of drug-likeness (QED) is 0.658. The number of hydrogen-bond donors (Lipinski definition) is 0. The number of hydrogen-bond acceptors (Lipinski definition) is 7. The van der Waals surface area contributed by atoms with Gasteiger partial charge in [0.15, 0.2) is 6.10 Å². The van der Waals surface area contributed by atoms with Crippen molar-refractivity contribution in [1.82, 2.24) is 15.2 Å². The van der Waals surface area contributed by atoms with Gasteiger partial charge in [0.1, 0.15) is 0 Å². The number of benzene rings is 1. The molecule has 0 aliphatic rings. The fraction of sp³-hybridized carbons (Fsp3) is 0.294. The van der Waals surface area contributed by atoms with Gasteiger partial charge in [0.25, 0.3) is 5.89 Å². The Morgan fingerprint density at radius 1 is 1.25 bits per heavy atom. The van der Waals surface area contributed by atoms with Crippen molar-refractivity contribution in [2.75, 3.05) is 0 Å². The molecule has 0 aliphatic carbocycles. The number of ether oxygens (including phenoxy) is 1. The minimum atomic E-state index is -0.607. The molecule has 0 N–H and O–H groups in total. The number of rotatable bonds is 5. The van der Waals surface area contributed by atoms with Crippen molar-refractivity contribution in [3.8, 4) is 11.5 Å². The SMILES string of the molecule is Cc1ccc(-c2nnc(C(C)OC(=O)Cc3csc(C)n3)o2)cc1. The van der Waals surface area contributed by atoms with Gasteiger partial charge in [0, 0.05) is 10.9 Å². The highest BCUT2D eigenvalue weighted by Crippen LogP contribution is 2.23.